The van der Waals surface area contributed by atoms with Gasteiger partial charge in [0.25, 0.3) is 5.69 Å². The Morgan fingerprint density at radius 1 is 1.09 bits per heavy atom. The standard InChI is InChI=1S/C25H24N4O3/c1-32-23-5-3-2-4-20(23)18-12-14-28(15-13-18)25-21-16-19(29(30)31)9-10-22(21)26-24(27-25)11-8-17-6-7-17/h2-5,9-10,16-18H,6-7,12-15H2,1H3. The lowest BCUT2D eigenvalue weighted by Crippen LogP contribution is -2.34. The Balaban J connectivity index is 1.47. The third-order valence-electron chi connectivity index (χ3n) is 6.21. The minimum absolute atomic E-state index is 0.0445. The van der Waals surface area contributed by atoms with Crippen LogP contribution in [0.1, 0.15) is 43.0 Å². The van der Waals surface area contributed by atoms with Crippen LogP contribution in [0.15, 0.2) is 42.5 Å². The van der Waals surface area contributed by atoms with E-state index in [1.165, 1.54) is 11.6 Å². The van der Waals surface area contributed by atoms with Crippen LogP contribution < -0.4 is 9.64 Å². The smallest absolute Gasteiger partial charge is 0.270 e. The summed E-state index contributed by atoms with van der Waals surface area (Å²) in [6, 6.07) is 12.9. The minimum Gasteiger partial charge on any atom is -0.496 e. The van der Waals surface area contributed by atoms with Gasteiger partial charge >= 0.3 is 0 Å². The molecule has 2 aromatic carbocycles. The number of benzene rings is 2. The molecule has 0 atom stereocenters. The van der Waals surface area contributed by atoms with Crippen molar-refractivity contribution in [1.29, 1.82) is 0 Å². The molecule has 2 aliphatic rings. The van der Waals surface area contributed by atoms with Crippen LogP contribution in [0, 0.1) is 27.9 Å². The molecule has 2 heterocycles. The third-order valence-corrected chi connectivity index (χ3v) is 6.21. The van der Waals surface area contributed by atoms with Gasteiger partial charge in [-0.15, -0.1) is 0 Å². The SMILES string of the molecule is COc1ccccc1C1CCN(c2nc(C#CC3CC3)nc3ccc([N+](=O)[O-])cc23)CC1. The lowest BCUT2D eigenvalue weighted by molar-refractivity contribution is -0.384. The fourth-order valence-corrected chi connectivity index (χ4v) is 4.31. The molecule has 0 amide bonds. The highest BCUT2D eigenvalue weighted by Crippen LogP contribution is 2.37. The first kappa shape index (κ1) is 20.3. The quantitative estimate of drug-likeness (QED) is 0.341. The molecule has 5 rings (SSSR count). The first-order valence-corrected chi connectivity index (χ1v) is 11.0. The van der Waals surface area contributed by atoms with E-state index in [-0.39, 0.29) is 10.6 Å². The first-order chi connectivity index (χ1) is 15.6. The number of hydrogen-bond donors (Lipinski definition) is 0. The number of fused-ring (bicyclic) bond motifs is 1. The number of nitro benzene ring substituents is 1. The van der Waals surface area contributed by atoms with Crippen LogP contribution in [0.25, 0.3) is 10.9 Å². The Morgan fingerprint density at radius 3 is 2.59 bits per heavy atom. The van der Waals surface area contributed by atoms with Crippen LogP contribution >= 0.6 is 0 Å². The van der Waals surface area contributed by atoms with Gasteiger partial charge in [0.15, 0.2) is 0 Å². The molecule has 1 aromatic heterocycles. The molecule has 3 aromatic rings. The summed E-state index contributed by atoms with van der Waals surface area (Å²) in [5.41, 5.74) is 1.96. The summed E-state index contributed by atoms with van der Waals surface area (Å²) in [6.07, 6.45) is 4.17. The second kappa shape index (κ2) is 8.46. The molecule has 32 heavy (non-hydrogen) atoms. The van der Waals surface area contributed by atoms with Gasteiger partial charge in [-0.25, -0.2) is 9.97 Å². The van der Waals surface area contributed by atoms with Crippen LogP contribution in [-0.2, 0) is 0 Å². The van der Waals surface area contributed by atoms with Crippen LogP contribution in [-0.4, -0.2) is 35.1 Å². The van der Waals surface area contributed by atoms with Crippen molar-refractivity contribution in [2.75, 3.05) is 25.1 Å². The number of non-ortho nitro benzene ring substituents is 1. The van der Waals surface area contributed by atoms with Gasteiger partial charge in [-0.2, -0.15) is 0 Å². The second-order valence-electron chi connectivity index (χ2n) is 8.38. The fraction of sp³-hybridized carbons (Fsp3) is 0.360. The van der Waals surface area contributed by atoms with Crippen molar-refractivity contribution in [2.24, 2.45) is 5.92 Å². The zero-order chi connectivity index (χ0) is 22.1. The van der Waals surface area contributed by atoms with E-state index in [2.05, 4.69) is 27.8 Å². The molecule has 1 saturated carbocycles. The highest BCUT2D eigenvalue weighted by molar-refractivity contribution is 5.91. The second-order valence-corrected chi connectivity index (χ2v) is 8.38. The van der Waals surface area contributed by atoms with E-state index < -0.39 is 0 Å². The van der Waals surface area contributed by atoms with Gasteiger partial charge in [0.1, 0.15) is 11.6 Å². The number of methoxy groups -OCH3 is 1. The van der Waals surface area contributed by atoms with Gasteiger partial charge in [0.05, 0.1) is 17.5 Å². The molecule has 1 aliphatic heterocycles. The number of nitrogens with zero attached hydrogens (tertiary/aromatic N) is 4. The summed E-state index contributed by atoms with van der Waals surface area (Å²) < 4.78 is 5.56. The Labute approximate surface area is 186 Å². The van der Waals surface area contributed by atoms with Crippen LogP contribution in [0.5, 0.6) is 5.75 Å². The predicted molar refractivity (Wildman–Crippen MR) is 123 cm³/mol. The Morgan fingerprint density at radius 2 is 1.88 bits per heavy atom. The van der Waals surface area contributed by atoms with E-state index in [0.717, 1.165) is 50.3 Å². The molecule has 0 N–H and O–H groups in total. The number of para-hydroxylation sites is 1. The summed E-state index contributed by atoms with van der Waals surface area (Å²) in [4.78, 5) is 22.5. The minimum atomic E-state index is -0.377. The number of aromatic nitrogens is 2. The van der Waals surface area contributed by atoms with Gasteiger partial charge in [-0.1, -0.05) is 24.1 Å². The fourth-order valence-electron chi connectivity index (χ4n) is 4.31. The van der Waals surface area contributed by atoms with Crippen LogP contribution in [0.4, 0.5) is 11.5 Å². The molecule has 7 nitrogen and oxygen atoms in total. The summed E-state index contributed by atoms with van der Waals surface area (Å²) in [5, 5.41) is 12.1. The van der Waals surface area contributed by atoms with E-state index in [1.54, 1.807) is 19.2 Å². The van der Waals surface area contributed by atoms with Gasteiger partial charge < -0.3 is 9.64 Å². The van der Waals surface area contributed by atoms with Crippen molar-refractivity contribution in [1.82, 2.24) is 9.97 Å². The maximum atomic E-state index is 11.4. The largest absolute Gasteiger partial charge is 0.496 e. The van der Waals surface area contributed by atoms with Crippen molar-refractivity contribution in [2.45, 2.75) is 31.6 Å². The van der Waals surface area contributed by atoms with Crippen LogP contribution in [0.3, 0.4) is 0 Å². The first-order valence-electron chi connectivity index (χ1n) is 11.0. The maximum Gasteiger partial charge on any atom is 0.270 e. The zero-order valence-electron chi connectivity index (χ0n) is 18.0. The lowest BCUT2D eigenvalue weighted by atomic mass is 9.88. The zero-order valence-corrected chi connectivity index (χ0v) is 18.0. The molecule has 1 saturated heterocycles. The Kier molecular flexibility index (Phi) is 5.36. The van der Waals surface area contributed by atoms with E-state index in [0.29, 0.717) is 28.6 Å². The number of nitro groups is 1. The molecular formula is C25H24N4O3. The highest BCUT2D eigenvalue weighted by Gasteiger charge is 2.26. The molecule has 2 fully saturated rings. The number of piperidine rings is 1. The van der Waals surface area contributed by atoms with E-state index in [9.17, 15) is 10.1 Å². The molecule has 0 spiro atoms. The van der Waals surface area contributed by atoms with Crippen LogP contribution in [0.2, 0.25) is 0 Å². The predicted octanol–water partition coefficient (Wildman–Crippen LogP) is 4.69. The maximum absolute atomic E-state index is 11.4. The molecule has 7 heteroatoms. The van der Waals surface area contributed by atoms with E-state index >= 15 is 0 Å². The summed E-state index contributed by atoms with van der Waals surface area (Å²) in [5.74, 6) is 9.33. The molecular weight excluding hydrogens is 404 g/mol. The lowest BCUT2D eigenvalue weighted by Gasteiger charge is -2.34. The monoisotopic (exact) mass is 428 g/mol. The molecule has 1 aliphatic carbocycles. The normalized spacial score (nSPS) is 16.5. The number of hydrogen-bond acceptors (Lipinski definition) is 6. The Bertz CT molecular complexity index is 1230. The summed E-state index contributed by atoms with van der Waals surface area (Å²) in [7, 11) is 1.71. The average molecular weight is 428 g/mol. The summed E-state index contributed by atoms with van der Waals surface area (Å²) >= 11 is 0. The van der Waals surface area contributed by atoms with Crippen molar-refractivity contribution in [3.63, 3.8) is 0 Å². The number of rotatable bonds is 4. The van der Waals surface area contributed by atoms with Gasteiger partial charge in [-0.3, -0.25) is 10.1 Å². The van der Waals surface area contributed by atoms with Crippen molar-refractivity contribution in [3.8, 4) is 17.6 Å². The topological polar surface area (TPSA) is 81.4 Å². The molecule has 0 bridgehead atoms. The van der Waals surface area contributed by atoms with Crippen molar-refractivity contribution < 1.29 is 9.66 Å². The molecule has 162 valence electrons. The number of anilines is 1. The summed E-state index contributed by atoms with van der Waals surface area (Å²) in [6.45, 7) is 1.60. The van der Waals surface area contributed by atoms with Gasteiger partial charge in [0.2, 0.25) is 5.82 Å². The number of ether oxygens (including phenoxy) is 1. The third kappa shape index (κ3) is 4.09. The molecule has 0 radical (unpaired) electrons. The van der Waals surface area contributed by atoms with E-state index in [1.807, 2.05) is 18.2 Å². The average Bonchev–Trinajstić information content (AvgIpc) is 3.66. The van der Waals surface area contributed by atoms with Gasteiger partial charge in [-0.05, 0) is 55.2 Å². The highest BCUT2D eigenvalue weighted by atomic mass is 16.6. The molecule has 0 unspecified atom stereocenters. The van der Waals surface area contributed by atoms with Crippen molar-refractivity contribution in [3.05, 3.63) is 64.0 Å². The van der Waals surface area contributed by atoms with Gasteiger partial charge in [0, 0.05) is 36.5 Å². The Hall–Kier alpha value is -3.66. The van der Waals surface area contributed by atoms with Crippen molar-refractivity contribution >= 4 is 22.4 Å². The van der Waals surface area contributed by atoms with E-state index in [4.69, 9.17) is 9.72 Å².